The molecule has 0 amide bonds. The summed E-state index contributed by atoms with van der Waals surface area (Å²) >= 11 is 0. The van der Waals surface area contributed by atoms with E-state index < -0.39 is 0 Å². The molecule has 1 aliphatic rings. The van der Waals surface area contributed by atoms with Crippen LogP contribution in [-0.4, -0.2) is 31.3 Å². The summed E-state index contributed by atoms with van der Waals surface area (Å²) in [5.74, 6) is 0.980. The van der Waals surface area contributed by atoms with Crippen molar-refractivity contribution in [1.82, 2.24) is 4.98 Å². The second-order valence-corrected chi connectivity index (χ2v) is 5.11. The van der Waals surface area contributed by atoms with Gasteiger partial charge in [0, 0.05) is 32.4 Å². The van der Waals surface area contributed by atoms with Crippen LogP contribution < -0.4 is 10.6 Å². The average Bonchev–Trinajstić information content (AvgIpc) is 2.40. The van der Waals surface area contributed by atoms with E-state index in [0.717, 1.165) is 31.0 Å². The molecule has 1 aromatic heterocycles. The minimum Gasteiger partial charge on any atom is -0.376 e. The summed E-state index contributed by atoms with van der Waals surface area (Å²) in [5, 5.41) is 0. The van der Waals surface area contributed by atoms with Crippen molar-refractivity contribution in [1.29, 1.82) is 0 Å². The number of rotatable bonds is 4. The van der Waals surface area contributed by atoms with Gasteiger partial charge in [0.15, 0.2) is 0 Å². The summed E-state index contributed by atoms with van der Waals surface area (Å²) in [6.07, 6.45) is 5.83. The van der Waals surface area contributed by atoms with E-state index in [-0.39, 0.29) is 6.04 Å². The quantitative estimate of drug-likeness (QED) is 0.888. The Balaban J connectivity index is 1.93. The number of aromatic nitrogens is 1. The molecule has 1 unspecified atom stereocenters. The topological polar surface area (TPSA) is 51.4 Å². The van der Waals surface area contributed by atoms with Crippen LogP contribution in [0.1, 0.15) is 37.8 Å². The third-order valence-corrected chi connectivity index (χ3v) is 3.44. The van der Waals surface area contributed by atoms with Crippen LogP contribution >= 0.6 is 0 Å². The van der Waals surface area contributed by atoms with Crippen LogP contribution in [0.15, 0.2) is 18.3 Å². The summed E-state index contributed by atoms with van der Waals surface area (Å²) in [4.78, 5) is 6.61. The van der Waals surface area contributed by atoms with Gasteiger partial charge >= 0.3 is 0 Å². The fourth-order valence-corrected chi connectivity index (χ4v) is 2.24. The number of hydrogen-bond acceptors (Lipinski definition) is 4. The van der Waals surface area contributed by atoms with Crippen molar-refractivity contribution in [2.45, 2.75) is 38.3 Å². The minimum absolute atomic E-state index is 0.0403. The highest BCUT2D eigenvalue weighted by Crippen LogP contribution is 2.17. The zero-order chi connectivity index (χ0) is 13.0. The molecule has 1 aliphatic heterocycles. The Bertz CT molecular complexity index is 358. The summed E-state index contributed by atoms with van der Waals surface area (Å²) in [5.41, 5.74) is 6.89. The van der Waals surface area contributed by atoms with Gasteiger partial charge in [-0.3, -0.25) is 0 Å². The van der Waals surface area contributed by atoms with Gasteiger partial charge in [-0.2, -0.15) is 0 Å². The van der Waals surface area contributed by atoms with Crippen LogP contribution in [0, 0.1) is 0 Å². The molecule has 100 valence electrons. The van der Waals surface area contributed by atoms with Gasteiger partial charge in [-0.25, -0.2) is 4.98 Å². The predicted molar refractivity (Wildman–Crippen MR) is 73.7 cm³/mol. The Labute approximate surface area is 109 Å². The van der Waals surface area contributed by atoms with Crippen molar-refractivity contribution in [3.8, 4) is 0 Å². The zero-order valence-corrected chi connectivity index (χ0v) is 11.3. The van der Waals surface area contributed by atoms with Gasteiger partial charge < -0.3 is 15.4 Å². The minimum atomic E-state index is 0.0403. The van der Waals surface area contributed by atoms with E-state index in [1.54, 1.807) is 0 Å². The Morgan fingerprint density at radius 3 is 2.89 bits per heavy atom. The Morgan fingerprint density at radius 1 is 1.50 bits per heavy atom. The molecule has 2 heterocycles. The van der Waals surface area contributed by atoms with E-state index in [4.69, 9.17) is 10.5 Å². The first-order chi connectivity index (χ1) is 8.66. The van der Waals surface area contributed by atoms with Crippen LogP contribution in [0.2, 0.25) is 0 Å². The standard InChI is InChI=1S/C14H23N3O/c1-11(15)12-6-7-14(16-9-12)17(2)10-13-5-3-4-8-18-13/h6-7,9,11,13H,3-5,8,10,15H2,1-2H3/t11-,13?/m0/s1. The number of ether oxygens (including phenoxy) is 1. The highest BCUT2D eigenvalue weighted by molar-refractivity contribution is 5.38. The highest BCUT2D eigenvalue weighted by Gasteiger charge is 2.16. The van der Waals surface area contributed by atoms with Crippen molar-refractivity contribution in [3.05, 3.63) is 23.9 Å². The van der Waals surface area contributed by atoms with Gasteiger partial charge in [0.2, 0.25) is 0 Å². The van der Waals surface area contributed by atoms with E-state index in [1.807, 2.05) is 25.3 Å². The smallest absolute Gasteiger partial charge is 0.128 e. The SMILES string of the molecule is C[C@H](N)c1ccc(N(C)CC2CCCCO2)nc1. The van der Waals surface area contributed by atoms with Gasteiger partial charge in [0.1, 0.15) is 5.82 Å². The number of likely N-dealkylation sites (N-methyl/N-ethyl adjacent to an activating group) is 1. The molecule has 0 bridgehead atoms. The van der Waals surface area contributed by atoms with E-state index in [9.17, 15) is 0 Å². The van der Waals surface area contributed by atoms with Crippen LogP contribution in [0.4, 0.5) is 5.82 Å². The molecule has 0 aromatic carbocycles. The molecule has 0 radical (unpaired) electrons. The second-order valence-electron chi connectivity index (χ2n) is 5.11. The lowest BCUT2D eigenvalue weighted by molar-refractivity contribution is 0.0215. The molecule has 2 N–H and O–H groups in total. The maximum absolute atomic E-state index is 5.82. The average molecular weight is 249 g/mol. The van der Waals surface area contributed by atoms with Crippen molar-refractivity contribution >= 4 is 5.82 Å². The van der Waals surface area contributed by atoms with Crippen molar-refractivity contribution in [3.63, 3.8) is 0 Å². The predicted octanol–water partition coefficient (Wildman–Crippen LogP) is 2.11. The molecule has 2 atom stereocenters. The lowest BCUT2D eigenvalue weighted by Crippen LogP contribution is -2.33. The van der Waals surface area contributed by atoms with Crippen LogP contribution in [0.25, 0.3) is 0 Å². The maximum atomic E-state index is 5.82. The van der Waals surface area contributed by atoms with E-state index in [1.165, 1.54) is 12.8 Å². The number of anilines is 1. The lowest BCUT2D eigenvalue weighted by atomic mass is 10.1. The molecule has 4 nitrogen and oxygen atoms in total. The molecular formula is C14H23N3O. The molecular weight excluding hydrogens is 226 g/mol. The third kappa shape index (κ3) is 3.43. The zero-order valence-electron chi connectivity index (χ0n) is 11.3. The largest absolute Gasteiger partial charge is 0.376 e. The van der Waals surface area contributed by atoms with Crippen molar-refractivity contribution < 1.29 is 4.74 Å². The molecule has 1 saturated heterocycles. The fourth-order valence-electron chi connectivity index (χ4n) is 2.24. The summed E-state index contributed by atoms with van der Waals surface area (Å²) in [7, 11) is 2.06. The summed E-state index contributed by atoms with van der Waals surface area (Å²) in [6, 6.07) is 4.12. The van der Waals surface area contributed by atoms with E-state index in [2.05, 4.69) is 16.9 Å². The summed E-state index contributed by atoms with van der Waals surface area (Å²) < 4.78 is 5.74. The number of nitrogens with two attached hydrogens (primary N) is 1. The first-order valence-corrected chi connectivity index (χ1v) is 6.71. The molecule has 1 aromatic rings. The van der Waals surface area contributed by atoms with Gasteiger partial charge in [0.25, 0.3) is 0 Å². The first kappa shape index (κ1) is 13.3. The van der Waals surface area contributed by atoms with Gasteiger partial charge in [-0.05, 0) is 37.8 Å². The van der Waals surface area contributed by atoms with Crippen LogP contribution in [0.5, 0.6) is 0 Å². The fraction of sp³-hybridized carbons (Fsp3) is 0.643. The molecule has 2 rings (SSSR count). The molecule has 1 fully saturated rings. The maximum Gasteiger partial charge on any atom is 0.128 e. The van der Waals surface area contributed by atoms with Crippen molar-refractivity contribution in [2.24, 2.45) is 5.73 Å². The highest BCUT2D eigenvalue weighted by atomic mass is 16.5. The van der Waals surface area contributed by atoms with Gasteiger partial charge in [-0.1, -0.05) is 6.07 Å². The molecule has 0 spiro atoms. The summed E-state index contributed by atoms with van der Waals surface area (Å²) in [6.45, 7) is 3.77. The number of hydrogen-bond donors (Lipinski definition) is 1. The first-order valence-electron chi connectivity index (χ1n) is 6.71. The normalized spacial score (nSPS) is 21.6. The van der Waals surface area contributed by atoms with Crippen LogP contribution in [-0.2, 0) is 4.74 Å². The Morgan fingerprint density at radius 2 is 2.33 bits per heavy atom. The number of nitrogens with zero attached hydrogens (tertiary/aromatic N) is 2. The Kier molecular flexibility index (Phi) is 4.55. The van der Waals surface area contributed by atoms with Gasteiger partial charge in [0.05, 0.1) is 6.10 Å². The molecule has 0 aliphatic carbocycles. The molecule has 4 heteroatoms. The second kappa shape index (κ2) is 6.16. The van der Waals surface area contributed by atoms with E-state index in [0.29, 0.717) is 6.10 Å². The lowest BCUT2D eigenvalue weighted by Gasteiger charge is -2.28. The van der Waals surface area contributed by atoms with Gasteiger partial charge in [-0.15, -0.1) is 0 Å². The van der Waals surface area contributed by atoms with Crippen molar-refractivity contribution in [2.75, 3.05) is 25.1 Å². The molecule has 0 saturated carbocycles. The molecule has 18 heavy (non-hydrogen) atoms. The van der Waals surface area contributed by atoms with E-state index >= 15 is 0 Å². The third-order valence-electron chi connectivity index (χ3n) is 3.44. The van der Waals surface area contributed by atoms with Crippen LogP contribution in [0.3, 0.4) is 0 Å². The Hall–Kier alpha value is -1.13. The monoisotopic (exact) mass is 249 g/mol. The number of pyridine rings is 1.